The van der Waals surface area contributed by atoms with Crippen LogP contribution in [0.2, 0.25) is 0 Å². The predicted octanol–water partition coefficient (Wildman–Crippen LogP) is 16.4. The maximum atomic E-state index is 2.49. The van der Waals surface area contributed by atoms with Gasteiger partial charge in [-0.15, -0.1) is 0 Å². The van der Waals surface area contributed by atoms with Crippen LogP contribution in [0.15, 0.2) is 224 Å². The Morgan fingerprint density at radius 1 is 0.317 bits per heavy atom. The summed E-state index contributed by atoms with van der Waals surface area (Å²) in [7, 11) is 0. The number of nitrogens with zero attached hydrogens (tertiary/aromatic N) is 1. The van der Waals surface area contributed by atoms with Crippen LogP contribution < -0.4 is 4.90 Å². The summed E-state index contributed by atoms with van der Waals surface area (Å²) in [4.78, 5) is 2.49. The molecule has 1 aliphatic rings. The van der Waals surface area contributed by atoms with E-state index in [0.717, 1.165) is 22.6 Å². The Morgan fingerprint density at radius 3 is 1.55 bits per heavy atom. The lowest BCUT2D eigenvalue weighted by molar-refractivity contribution is 0.660. The number of hydrogen-bond acceptors (Lipinski definition) is 1. The van der Waals surface area contributed by atoms with Gasteiger partial charge in [0.15, 0.2) is 0 Å². The maximum absolute atomic E-state index is 2.49. The summed E-state index contributed by atoms with van der Waals surface area (Å²) in [6, 6.07) is 82.6. The zero-order chi connectivity index (χ0) is 40.2. The summed E-state index contributed by atoms with van der Waals surface area (Å²) in [5, 5.41) is 5.00. The van der Waals surface area contributed by atoms with Crippen LogP contribution in [-0.4, -0.2) is 0 Å². The lowest BCUT2D eigenvalue weighted by Gasteiger charge is -2.31. The van der Waals surface area contributed by atoms with Crippen LogP contribution in [-0.2, 0) is 5.41 Å². The molecule has 1 nitrogen and oxygen atoms in total. The quantitative estimate of drug-likeness (QED) is 0.146. The average molecular weight is 766 g/mol. The molecule has 0 fully saturated rings. The number of rotatable bonds is 7. The Bertz CT molecular complexity index is 3200. The molecule has 0 atom stereocenters. The molecule has 1 heteroatoms. The molecule has 0 bridgehead atoms. The van der Waals surface area contributed by atoms with E-state index in [1.54, 1.807) is 0 Å². The zero-order valence-corrected chi connectivity index (χ0v) is 33.8. The van der Waals surface area contributed by atoms with Gasteiger partial charge < -0.3 is 4.90 Å². The molecule has 10 aromatic carbocycles. The van der Waals surface area contributed by atoms with E-state index >= 15 is 0 Å². The molecule has 60 heavy (non-hydrogen) atoms. The largest absolute Gasteiger partial charge is 0.310 e. The van der Waals surface area contributed by atoms with Gasteiger partial charge in [-0.05, 0) is 119 Å². The first-order valence-corrected chi connectivity index (χ1v) is 20.9. The first-order valence-electron chi connectivity index (χ1n) is 20.9. The molecule has 0 aliphatic heterocycles. The molecule has 0 heterocycles. The third kappa shape index (κ3) is 5.93. The minimum atomic E-state index is -0.146. The Balaban J connectivity index is 1.18. The van der Waals surface area contributed by atoms with E-state index < -0.39 is 0 Å². The van der Waals surface area contributed by atoms with Gasteiger partial charge in [0.05, 0.1) is 5.69 Å². The third-order valence-electron chi connectivity index (χ3n) is 12.7. The molecule has 0 amide bonds. The normalized spacial score (nSPS) is 12.6. The minimum absolute atomic E-state index is 0.146. The molecule has 0 spiro atoms. The third-order valence-corrected chi connectivity index (χ3v) is 12.7. The van der Waals surface area contributed by atoms with Crippen LogP contribution in [0, 0.1) is 0 Å². The van der Waals surface area contributed by atoms with Crippen LogP contribution in [0.5, 0.6) is 0 Å². The van der Waals surface area contributed by atoms with Gasteiger partial charge in [0, 0.05) is 22.4 Å². The molecule has 0 N–H and O–H groups in total. The summed E-state index contributed by atoms with van der Waals surface area (Å²) < 4.78 is 0. The van der Waals surface area contributed by atoms with Crippen molar-refractivity contribution >= 4 is 38.6 Å². The fourth-order valence-corrected chi connectivity index (χ4v) is 9.68. The number of fused-ring (bicyclic) bond motifs is 6. The van der Waals surface area contributed by atoms with Crippen molar-refractivity contribution in [2.75, 3.05) is 4.90 Å². The number of hydrogen-bond donors (Lipinski definition) is 0. The van der Waals surface area contributed by atoms with Crippen molar-refractivity contribution in [1.29, 1.82) is 0 Å². The van der Waals surface area contributed by atoms with E-state index in [2.05, 4.69) is 243 Å². The van der Waals surface area contributed by atoms with Crippen molar-refractivity contribution in [3.05, 3.63) is 236 Å². The van der Waals surface area contributed by atoms with E-state index in [4.69, 9.17) is 0 Å². The van der Waals surface area contributed by atoms with Crippen LogP contribution in [0.1, 0.15) is 25.0 Å². The summed E-state index contributed by atoms with van der Waals surface area (Å²) >= 11 is 0. The lowest BCUT2D eigenvalue weighted by atomic mass is 9.82. The van der Waals surface area contributed by atoms with E-state index in [0.29, 0.717) is 0 Å². The van der Waals surface area contributed by atoms with Crippen molar-refractivity contribution in [2.24, 2.45) is 0 Å². The van der Waals surface area contributed by atoms with Crippen LogP contribution in [0.25, 0.3) is 77.2 Å². The van der Waals surface area contributed by atoms with Gasteiger partial charge in [0.1, 0.15) is 0 Å². The molecular weight excluding hydrogens is 723 g/mol. The highest BCUT2D eigenvalue weighted by atomic mass is 15.1. The smallest absolute Gasteiger partial charge is 0.0546 e. The van der Waals surface area contributed by atoms with Crippen molar-refractivity contribution in [2.45, 2.75) is 19.3 Å². The molecule has 1 aliphatic carbocycles. The van der Waals surface area contributed by atoms with Crippen LogP contribution in [0.3, 0.4) is 0 Å². The molecule has 0 unspecified atom stereocenters. The summed E-state index contributed by atoms with van der Waals surface area (Å²) in [6.45, 7) is 4.73. The fourth-order valence-electron chi connectivity index (χ4n) is 9.68. The van der Waals surface area contributed by atoms with E-state index in [1.807, 2.05) is 0 Å². The molecule has 284 valence electrons. The van der Waals surface area contributed by atoms with Gasteiger partial charge in [-0.2, -0.15) is 0 Å². The molecule has 0 radical (unpaired) electrons. The summed E-state index contributed by atoms with van der Waals surface area (Å²) in [5.74, 6) is 0. The maximum Gasteiger partial charge on any atom is 0.0546 e. The minimum Gasteiger partial charge on any atom is -0.310 e. The van der Waals surface area contributed by atoms with E-state index in [-0.39, 0.29) is 5.41 Å². The number of anilines is 3. The average Bonchev–Trinajstić information content (AvgIpc) is 3.55. The van der Waals surface area contributed by atoms with Crippen molar-refractivity contribution in [3.8, 4) is 55.6 Å². The second-order valence-electron chi connectivity index (χ2n) is 16.5. The molecule has 10 aromatic rings. The Kier molecular flexibility index (Phi) is 8.57. The molecular formula is C59H43N. The topological polar surface area (TPSA) is 3.24 Å². The van der Waals surface area contributed by atoms with Crippen LogP contribution in [0.4, 0.5) is 17.1 Å². The van der Waals surface area contributed by atoms with Crippen molar-refractivity contribution in [1.82, 2.24) is 0 Å². The van der Waals surface area contributed by atoms with Gasteiger partial charge in [-0.25, -0.2) is 0 Å². The lowest BCUT2D eigenvalue weighted by Crippen LogP contribution is -2.17. The monoisotopic (exact) mass is 765 g/mol. The first kappa shape index (κ1) is 35.7. The second kappa shape index (κ2) is 14.4. The van der Waals surface area contributed by atoms with Crippen LogP contribution >= 0.6 is 0 Å². The summed E-state index contributed by atoms with van der Waals surface area (Å²) in [6.07, 6.45) is 0. The van der Waals surface area contributed by atoms with Gasteiger partial charge in [0.25, 0.3) is 0 Å². The zero-order valence-electron chi connectivity index (χ0n) is 33.8. The highest BCUT2D eigenvalue weighted by Crippen LogP contribution is 2.52. The van der Waals surface area contributed by atoms with Gasteiger partial charge in [-0.1, -0.05) is 202 Å². The fraction of sp³-hybridized carbons (Fsp3) is 0.0508. The SMILES string of the molecule is CC1(C)c2ccccc2-c2ccc(N(c3ccc(-c4ccccc4)cc3)c3cccc(-c4cc5ccccc5c5ccccc45)c3-c3ccc(-c4ccccc4)cc3)cc21. The molecule has 0 saturated carbocycles. The van der Waals surface area contributed by atoms with Gasteiger partial charge in [-0.3, -0.25) is 0 Å². The Morgan fingerprint density at radius 2 is 0.833 bits per heavy atom. The Hall–Kier alpha value is -7.48. The standard InChI is InChI=1S/C59H43N/c1-59(2)55-26-14-13-24-51(55)52-37-36-47(39-56(52)59)60(46-34-32-43(33-35-46)41-18-7-4-8-19-41)57-27-15-25-53(58(57)44-30-28-42(29-31-44)40-16-5-3-6-17-40)54-38-45-20-9-10-21-48(45)49-22-11-12-23-50(49)54/h3-39H,1-2H3. The molecule has 0 aromatic heterocycles. The van der Waals surface area contributed by atoms with Crippen molar-refractivity contribution < 1.29 is 0 Å². The second-order valence-corrected chi connectivity index (χ2v) is 16.5. The molecule has 11 rings (SSSR count). The summed E-state index contributed by atoms with van der Waals surface area (Å²) in [5.41, 5.74) is 18.1. The van der Waals surface area contributed by atoms with Gasteiger partial charge in [0.2, 0.25) is 0 Å². The Labute approximate surface area is 352 Å². The first-order chi connectivity index (χ1) is 29.5. The molecule has 0 saturated heterocycles. The highest BCUT2D eigenvalue weighted by molar-refractivity contribution is 6.15. The van der Waals surface area contributed by atoms with E-state index in [9.17, 15) is 0 Å². The van der Waals surface area contributed by atoms with Crippen molar-refractivity contribution in [3.63, 3.8) is 0 Å². The van der Waals surface area contributed by atoms with E-state index in [1.165, 1.54) is 82.7 Å². The predicted molar refractivity (Wildman–Crippen MR) is 255 cm³/mol. The number of benzene rings is 10. The van der Waals surface area contributed by atoms with Gasteiger partial charge >= 0.3 is 0 Å². The highest BCUT2D eigenvalue weighted by Gasteiger charge is 2.36.